The second-order valence-electron chi connectivity index (χ2n) is 3.15. The average Bonchev–Trinajstić information content (AvgIpc) is 2.20. The summed E-state index contributed by atoms with van der Waals surface area (Å²) in [6, 6.07) is 10.1. The van der Waals surface area contributed by atoms with Crippen LogP contribution in [0.5, 0.6) is 0 Å². The number of aliphatic hydroxyl groups excluding tert-OH is 1. The molecule has 13 heavy (non-hydrogen) atoms. The Kier molecular flexibility index (Phi) is 3.93. The van der Waals surface area contributed by atoms with Gasteiger partial charge in [0.15, 0.2) is 0 Å². The zero-order valence-corrected chi connectivity index (χ0v) is 8.20. The molecule has 2 heteroatoms. The van der Waals surface area contributed by atoms with Crippen LogP contribution in [-0.2, 0) is 0 Å². The Hall–Kier alpha value is -0.860. The van der Waals surface area contributed by atoms with Crippen molar-refractivity contribution in [3.8, 4) is 0 Å². The maximum absolute atomic E-state index is 9.71. The monoisotopic (exact) mass is 179 g/mol. The van der Waals surface area contributed by atoms with E-state index in [1.807, 2.05) is 44.3 Å². The van der Waals surface area contributed by atoms with Crippen molar-refractivity contribution in [3.05, 3.63) is 35.9 Å². The average molecular weight is 179 g/mol. The maximum Gasteiger partial charge on any atom is 0.0732 e. The van der Waals surface area contributed by atoms with Gasteiger partial charge >= 0.3 is 0 Å². The minimum atomic E-state index is -0.313. The predicted octanol–water partition coefficient (Wildman–Crippen LogP) is 1.72. The van der Waals surface area contributed by atoms with Gasteiger partial charge in [-0.25, -0.2) is 0 Å². The number of hydrogen-bond donors (Lipinski definition) is 2. The molecule has 0 bridgehead atoms. The third-order valence-electron chi connectivity index (χ3n) is 2.27. The molecule has 0 heterocycles. The number of rotatable bonds is 4. The SMILES string of the molecule is CC[C@H](O)[C@H](NC)c1ccccc1. The summed E-state index contributed by atoms with van der Waals surface area (Å²) in [4.78, 5) is 0. The molecule has 0 aromatic heterocycles. The number of benzene rings is 1. The molecule has 2 N–H and O–H groups in total. The van der Waals surface area contributed by atoms with Crippen LogP contribution in [0.4, 0.5) is 0 Å². The van der Waals surface area contributed by atoms with E-state index in [4.69, 9.17) is 0 Å². The maximum atomic E-state index is 9.71. The Labute approximate surface area is 79.6 Å². The summed E-state index contributed by atoms with van der Waals surface area (Å²) in [5, 5.41) is 12.8. The highest BCUT2D eigenvalue weighted by molar-refractivity contribution is 5.19. The van der Waals surface area contributed by atoms with E-state index >= 15 is 0 Å². The van der Waals surface area contributed by atoms with Gasteiger partial charge in [0, 0.05) is 0 Å². The normalized spacial score (nSPS) is 15.3. The lowest BCUT2D eigenvalue weighted by molar-refractivity contribution is 0.127. The molecule has 0 aliphatic carbocycles. The van der Waals surface area contributed by atoms with E-state index in [1.54, 1.807) is 0 Å². The fraction of sp³-hybridized carbons (Fsp3) is 0.455. The van der Waals surface area contributed by atoms with Crippen LogP contribution in [-0.4, -0.2) is 18.3 Å². The van der Waals surface area contributed by atoms with Crippen LogP contribution in [0, 0.1) is 0 Å². The number of aliphatic hydroxyl groups is 1. The van der Waals surface area contributed by atoms with Gasteiger partial charge in [-0.1, -0.05) is 37.3 Å². The molecule has 1 aromatic carbocycles. The third kappa shape index (κ3) is 2.54. The Morgan fingerprint density at radius 3 is 2.38 bits per heavy atom. The van der Waals surface area contributed by atoms with Gasteiger partial charge in [-0.3, -0.25) is 0 Å². The van der Waals surface area contributed by atoms with E-state index in [0.717, 1.165) is 12.0 Å². The highest BCUT2D eigenvalue weighted by Crippen LogP contribution is 2.17. The van der Waals surface area contributed by atoms with Crippen LogP contribution in [0.1, 0.15) is 24.9 Å². The van der Waals surface area contributed by atoms with Crippen LogP contribution in [0.2, 0.25) is 0 Å². The van der Waals surface area contributed by atoms with Gasteiger partial charge in [0.1, 0.15) is 0 Å². The lowest BCUT2D eigenvalue weighted by atomic mass is 10.0. The van der Waals surface area contributed by atoms with Crippen molar-refractivity contribution in [2.24, 2.45) is 0 Å². The van der Waals surface area contributed by atoms with Crippen LogP contribution >= 0.6 is 0 Å². The fourth-order valence-electron chi connectivity index (χ4n) is 1.48. The molecule has 1 aromatic rings. The van der Waals surface area contributed by atoms with Gasteiger partial charge in [-0.15, -0.1) is 0 Å². The third-order valence-corrected chi connectivity index (χ3v) is 2.27. The second-order valence-corrected chi connectivity index (χ2v) is 3.15. The van der Waals surface area contributed by atoms with E-state index in [-0.39, 0.29) is 12.1 Å². The first-order chi connectivity index (χ1) is 6.29. The molecule has 0 spiro atoms. The van der Waals surface area contributed by atoms with Crippen LogP contribution < -0.4 is 5.32 Å². The van der Waals surface area contributed by atoms with Gasteiger partial charge in [0.2, 0.25) is 0 Å². The summed E-state index contributed by atoms with van der Waals surface area (Å²) in [6.07, 6.45) is 0.452. The zero-order chi connectivity index (χ0) is 9.68. The van der Waals surface area contributed by atoms with Crippen molar-refractivity contribution >= 4 is 0 Å². The summed E-state index contributed by atoms with van der Waals surface area (Å²) in [5.74, 6) is 0. The molecule has 0 aliphatic rings. The lowest BCUT2D eigenvalue weighted by Gasteiger charge is -2.21. The highest BCUT2D eigenvalue weighted by atomic mass is 16.3. The Morgan fingerprint density at radius 2 is 1.92 bits per heavy atom. The van der Waals surface area contributed by atoms with Crippen molar-refractivity contribution in [3.63, 3.8) is 0 Å². The Bertz CT molecular complexity index is 235. The Morgan fingerprint density at radius 1 is 1.31 bits per heavy atom. The molecule has 72 valence electrons. The first kappa shape index (κ1) is 10.2. The number of likely N-dealkylation sites (N-methyl/N-ethyl adjacent to an activating group) is 1. The molecule has 0 saturated heterocycles. The van der Waals surface area contributed by atoms with Crippen molar-refractivity contribution in [1.29, 1.82) is 0 Å². The van der Waals surface area contributed by atoms with Crippen LogP contribution in [0.3, 0.4) is 0 Å². The molecule has 1 rings (SSSR count). The van der Waals surface area contributed by atoms with Gasteiger partial charge < -0.3 is 10.4 Å². The highest BCUT2D eigenvalue weighted by Gasteiger charge is 2.16. The van der Waals surface area contributed by atoms with Gasteiger partial charge in [-0.2, -0.15) is 0 Å². The number of hydrogen-bond acceptors (Lipinski definition) is 2. The van der Waals surface area contributed by atoms with Gasteiger partial charge in [0.05, 0.1) is 12.1 Å². The van der Waals surface area contributed by atoms with E-state index in [1.165, 1.54) is 0 Å². The lowest BCUT2D eigenvalue weighted by Crippen LogP contribution is -2.28. The van der Waals surface area contributed by atoms with E-state index < -0.39 is 0 Å². The molecule has 2 nitrogen and oxygen atoms in total. The minimum absolute atomic E-state index is 0.0474. The molecule has 0 unspecified atom stereocenters. The largest absolute Gasteiger partial charge is 0.391 e. The van der Waals surface area contributed by atoms with E-state index in [0.29, 0.717) is 0 Å². The fourth-order valence-corrected chi connectivity index (χ4v) is 1.48. The summed E-state index contributed by atoms with van der Waals surface area (Å²) in [7, 11) is 1.87. The minimum Gasteiger partial charge on any atom is -0.391 e. The molecule has 0 aliphatic heterocycles. The predicted molar refractivity (Wildman–Crippen MR) is 54.5 cm³/mol. The molecular formula is C11H17NO. The van der Waals surface area contributed by atoms with Crippen molar-refractivity contribution in [1.82, 2.24) is 5.32 Å². The van der Waals surface area contributed by atoms with Gasteiger partial charge in [-0.05, 0) is 19.0 Å². The summed E-state index contributed by atoms with van der Waals surface area (Å²) in [6.45, 7) is 1.98. The van der Waals surface area contributed by atoms with Crippen LogP contribution in [0.25, 0.3) is 0 Å². The molecule has 2 atom stereocenters. The molecule has 0 radical (unpaired) electrons. The standard InChI is InChI=1S/C11H17NO/c1-3-10(13)11(12-2)9-7-5-4-6-8-9/h4-8,10-13H,3H2,1-2H3/t10-,11+/m0/s1. The van der Waals surface area contributed by atoms with Gasteiger partial charge in [0.25, 0.3) is 0 Å². The second kappa shape index (κ2) is 5.00. The van der Waals surface area contributed by atoms with Crippen molar-refractivity contribution in [2.75, 3.05) is 7.05 Å². The topological polar surface area (TPSA) is 32.3 Å². The first-order valence-electron chi connectivity index (χ1n) is 4.69. The summed E-state index contributed by atoms with van der Waals surface area (Å²) in [5.41, 5.74) is 1.14. The zero-order valence-electron chi connectivity index (χ0n) is 8.20. The molecule has 0 saturated carbocycles. The summed E-state index contributed by atoms with van der Waals surface area (Å²) >= 11 is 0. The van der Waals surface area contributed by atoms with E-state index in [2.05, 4.69) is 5.32 Å². The molecule has 0 fully saturated rings. The quantitative estimate of drug-likeness (QED) is 0.737. The van der Waals surface area contributed by atoms with Crippen molar-refractivity contribution in [2.45, 2.75) is 25.5 Å². The van der Waals surface area contributed by atoms with Crippen LogP contribution in [0.15, 0.2) is 30.3 Å². The summed E-state index contributed by atoms with van der Waals surface area (Å²) < 4.78 is 0. The molecule has 0 amide bonds. The first-order valence-corrected chi connectivity index (χ1v) is 4.69. The van der Waals surface area contributed by atoms with E-state index in [9.17, 15) is 5.11 Å². The number of nitrogens with one attached hydrogen (secondary N) is 1. The Balaban J connectivity index is 2.78. The molecular weight excluding hydrogens is 162 g/mol. The smallest absolute Gasteiger partial charge is 0.0732 e. The van der Waals surface area contributed by atoms with Crippen molar-refractivity contribution < 1.29 is 5.11 Å².